The molecule has 0 unspecified atom stereocenters. The van der Waals surface area contributed by atoms with Crippen molar-refractivity contribution in [3.8, 4) is 0 Å². The van der Waals surface area contributed by atoms with Crippen molar-refractivity contribution < 1.29 is 4.79 Å². The standard InChI is InChI=1S/C21H20ClN3OS/c1-2-20(26)25-19-13-14(4-8-18(19)22)3-6-16(27)7-5-15-9-11-23-21-17(15)10-12-24-21/h2,4,8-13H,1,3,5-7H2,(H,23,24)(H,25,26). The number of amides is 1. The van der Waals surface area contributed by atoms with E-state index < -0.39 is 0 Å². The number of anilines is 1. The quantitative estimate of drug-likeness (QED) is 0.401. The molecule has 0 radical (unpaired) electrons. The Balaban J connectivity index is 1.56. The molecule has 0 aliphatic carbocycles. The van der Waals surface area contributed by atoms with E-state index >= 15 is 0 Å². The molecule has 2 aromatic heterocycles. The summed E-state index contributed by atoms with van der Waals surface area (Å²) in [6, 6.07) is 9.73. The Morgan fingerprint density at radius 3 is 2.89 bits per heavy atom. The van der Waals surface area contributed by atoms with Crippen LogP contribution in [-0.2, 0) is 17.6 Å². The lowest BCUT2D eigenvalue weighted by atomic mass is 10.0. The summed E-state index contributed by atoms with van der Waals surface area (Å²) in [5, 5.41) is 4.38. The number of fused-ring (bicyclic) bond motifs is 1. The molecular weight excluding hydrogens is 378 g/mol. The van der Waals surface area contributed by atoms with Gasteiger partial charge in [0.2, 0.25) is 5.91 Å². The summed E-state index contributed by atoms with van der Waals surface area (Å²) in [4.78, 5) is 20.0. The third kappa shape index (κ3) is 5.02. The van der Waals surface area contributed by atoms with E-state index in [1.54, 1.807) is 6.07 Å². The number of nitrogens with one attached hydrogen (secondary N) is 2. The van der Waals surface area contributed by atoms with E-state index in [0.717, 1.165) is 47.1 Å². The van der Waals surface area contributed by atoms with E-state index in [2.05, 4.69) is 21.9 Å². The number of aryl methyl sites for hydroxylation is 2. The fourth-order valence-corrected chi connectivity index (χ4v) is 3.30. The van der Waals surface area contributed by atoms with Crippen LogP contribution in [0.2, 0.25) is 5.02 Å². The van der Waals surface area contributed by atoms with Crippen LogP contribution in [0.15, 0.2) is 55.4 Å². The third-order valence-electron chi connectivity index (χ3n) is 4.39. The highest BCUT2D eigenvalue weighted by Gasteiger charge is 2.07. The molecule has 0 spiro atoms. The summed E-state index contributed by atoms with van der Waals surface area (Å²) in [5.74, 6) is -0.280. The number of thiocarbonyl (C=S) groups is 1. The lowest BCUT2D eigenvalue weighted by Crippen LogP contribution is -2.08. The second-order valence-corrected chi connectivity index (χ2v) is 7.24. The number of halogens is 1. The largest absolute Gasteiger partial charge is 0.346 e. The molecule has 2 heterocycles. The van der Waals surface area contributed by atoms with E-state index in [1.807, 2.05) is 36.7 Å². The molecule has 0 bridgehead atoms. The molecule has 0 saturated heterocycles. The van der Waals surface area contributed by atoms with E-state index in [0.29, 0.717) is 10.7 Å². The highest BCUT2D eigenvalue weighted by molar-refractivity contribution is 7.80. The average molecular weight is 398 g/mol. The number of aromatic nitrogens is 2. The minimum absolute atomic E-state index is 0.280. The lowest BCUT2D eigenvalue weighted by Gasteiger charge is -2.09. The number of nitrogens with zero attached hydrogens (tertiary/aromatic N) is 1. The minimum Gasteiger partial charge on any atom is -0.346 e. The first-order chi connectivity index (χ1) is 13.1. The Bertz CT molecular complexity index is 996. The van der Waals surface area contributed by atoms with E-state index in [-0.39, 0.29) is 5.91 Å². The lowest BCUT2D eigenvalue weighted by molar-refractivity contribution is -0.111. The highest BCUT2D eigenvalue weighted by Crippen LogP contribution is 2.24. The van der Waals surface area contributed by atoms with Gasteiger partial charge in [0.05, 0.1) is 10.7 Å². The zero-order chi connectivity index (χ0) is 19.2. The summed E-state index contributed by atoms with van der Waals surface area (Å²) in [6.07, 6.45) is 8.33. The molecule has 1 aromatic carbocycles. The molecule has 0 aliphatic heterocycles. The van der Waals surface area contributed by atoms with Gasteiger partial charge in [0.15, 0.2) is 0 Å². The smallest absolute Gasteiger partial charge is 0.247 e. The molecule has 0 fully saturated rings. The van der Waals surface area contributed by atoms with Gasteiger partial charge in [-0.15, -0.1) is 0 Å². The van der Waals surface area contributed by atoms with Crippen molar-refractivity contribution >= 4 is 51.3 Å². The molecule has 2 N–H and O–H groups in total. The van der Waals surface area contributed by atoms with Gasteiger partial charge in [-0.25, -0.2) is 4.98 Å². The summed E-state index contributed by atoms with van der Waals surface area (Å²) in [5.41, 5.74) is 3.84. The van der Waals surface area contributed by atoms with Gasteiger partial charge in [0.25, 0.3) is 0 Å². The van der Waals surface area contributed by atoms with Crippen molar-refractivity contribution in [1.82, 2.24) is 9.97 Å². The fraction of sp³-hybridized carbons (Fsp3) is 0.190. The minimum atomic E-state index is -0.280. The highest BCUT2D eigenvalue weighted by atomic mass is 35.5. The normalized spacial score (nSPS) is 10.7. The first-order valence-corrected chi connectivity index (χ1v) is 9.50. The monoisotopic (exact) mass is 397 g/mol. The maximum Gasteiger partial charge on any atom is 0.247 e. The van der Waals surface area contributed by atoms with E-state index in [4.69, 9.17) is 23.8 Å². The summed E-state index contributed by atoms with van der Waals surface area (Å²) in [6.45, 7) is 3.45. The molecule has 0 atom stereocenters. The predicted octanol–water partition coefficient (Wildman–Crippen LogP) is 5.28. The van der Waals surface area contributed by atoms with Gasteiger partial charge < -0.3 is 10.3 Å². The zero-order valence-corrected chi connectivity index (χ0v) is 16.4. The number of carbonyl (C=O) groups excluding carboxylic acids is 1. The van der Waals surface area contributed by atoms with Crippen molar-refractivity contribution in [3.63, 3.8) is 0 Å². The molecule has 3 rings (SSSR count). The number of aromatic amines is 1. The van der Waals surface area contributed by atoms with Gasteiger partial charge in [0, 0.05) is 17.8 Å². The fourth-order valence-electron chi connectivity index (χ4n) is 2.93. The zero-order valence-electron chi connectivity index (χ0n) is 14.8. The summed E-state index contributed by atoms with van der Waals surface area (Å²) in [7, 11) is 0. The number of hydrogen-bond donors (Lipinski definition) is 2. The second-order valence-electron chi connectivity index (χ2n) is 6.26. The maximum atomic E-state index is 11.5. The Labute approximate surface area is 168 Å². The van der Waals surface area contributed by atoms with Gasteiger partial charge in [0.1, 0.15) is 5.65 Å². The van der Waals surface area contributed by atoms with Crippen LogP contribution >= 0.6 is 23.8 Å². The van der Waals surface area contributed by atoms with E-state index in [1.165, 1.54) is 11.6 Å². The molecule has 3 aromatic rings. The number of pyridine rings is 1. The van der Waals surface area contributed by atoms with Crippen LogP contribution in [0.1, 0.15) is 24.0 Å². The topological polar surface area (TPSA) is 57.8 Å². The Morgan fingerprint density at radius 2 is 2.07 bits per heavy atom. The maximum absolute atomic E-state index is 11.5. The summed E-state index contributed by atoms with van der Waals surface area (Å²) < 4.78 is 0. The van der Waals surface area contributed by atoms with Crippen molar-refractivity contribution in [2.45, 2.75) is 25.7 Å². The molecule has 0 saturated carbocycles. The van der Waals surface area contributed by atoms with Gasteiger partial charge in [-0.3, -0.25) is 4.79 Å². The van der Waals surface area contributed by atoms with E-state index in [9.17, 15) is 4.79 Å². The van der Waals surface area contributed by atoms with Gasteiger partial charge in [-0.2, -0.15) is 0 Å². The SMILES string of the molecule is C=CC(=O)Nc1cc(CCC(=S)CCc2ccnc3[nH]ccc23)ccc1Cl. The Morgan fingerprint density at radius 1 is 1.26 bits per heavy atom. The van der Waals surface area contributed by atoms with Crippen LogP contribution < -0.4 is 5.32 Å². The molecule has 0 aliphatic rings. The van der Waals surface area contributed by atoms with Crippen molar-refractivity contribution in [3.05, 3.63) is 71.5 Å². The first-order valence-electron chi connectivity index (χ1n) is 8.71. The van der Waals surface area contributed by atoms with Crippen LogP contribution in [0.3, 0.4) is 0 Å². The van der Waals surface area contributed by atoms with Crippen LogP contribution in [0.4, 0.5) is 5.69 Å². The van der Waals surface area contributed by atoms with Gasteiger partial charge in [-0.05, 0) is 72.0 Å². The number of benzene rings is 1. The molecule has 6 heteroatoms. The number of rotatable bonds is 8. The van der Waals surface area contributed by atoms with Crippen molar-refractivity contribution in [2.75, 3.05) is 5.32 Å². The molecule has 138 valence electrons. The predicted molar refractivity (Wildman–Crippen MR) is 116 cm³/mol. The Kier molecular flexibility index (Phi) is 6.37. The molecule has 27 heavy (non-hydrogen) atoms. The summed E-state index contributed by atoms with van der Waals surface area (Å²) >= 11 is 11.7. The second kappa shape index (κ2) is 8.93. The number of hydrogen-bond acceptors (Lipinski definition) is 3. The third-order valence-corrected chi connectivity index (χ3v) is 5.13. The van der Waals surface area contributed by atoms with Gasteiger partial charge in [-0.1, -0.05) is 36.5 Å². The molecular formula is C21H20ClN3OS. The Hall–Kier alpha value is -2.50. The van der Waals surface area contributed by atoms with Crippen LogP contribution in [0.5, 0.6) is 0 Å². The van der Waals surface area contributed by atoms with Crippen LogP contribution in [0.25, 0.3) is 11.0 Å². The van der Waals surface area contributed by atoms with Crippen LogP contribution in [-0.4, -0.2) is 20.7 Å². The molecule has 1 amide bonds. The average Bonchev–Trinajstić information content (AvgIpc) is 3.16. The number of carbonyl (C=O) groups is 1. The first kappa shape index (κ1) is 19.3. The molecule has 4 nitrogen and oxygen atoms in total. The van der Waals surface area contributed by atoms with Crippen LogP contribution in [0, 0.1) is 0 Å². The van der Waals surface area contributed by atoms with Crippen molar-refractivity contribution in [1.29, 1.82) is 0 Å². The number of H-pyrrole nitrogens is 1. The van der Waals surface area contributed by atoms with Gasteiger partial charge >= 0.3 is 0 Å². The van der Waals surface area contributed by atoms with Crippen molar-refractivity contribution in [2.24, 2.45) is 0 Å².